The number of benzene rings is 2. The maximum Gasteiger partial charge on any atom is 0.123 e. The van der Waals surface area contributed by atoms with Crippen LogP contribution in [0.1, 0.15) is 22.7 Å². The Balaban J connectivity index is 2.56. The van der Waals surface area contributed by atoms with Gasteiger partial charge in [-0.05, 0) is 48.9 Å². The van der Waals surface area contributed by atoms with Gasteiger partial charge in [0.15, 0.2) is 0 Å². The standard InChI is InChI=1S/C15H14BrClFN/c1-9-4-3-5-11(14(9)16)15(19-2)12-8-10(18)6-7-13(12)17/h3-8,15,19H,1-2H3. The third-order valence-corrected chi connectivity index (χ3v) is 4.52. The molecule has 0 aliphatic rings. The minimum atomic E-state index is -0.288. The summed E-state index contributed by atoms with van der Waals surface area (Å²) in [6.45, 7) is 2.02. The molecule has 2 aromatic rings. The SMILES string of the molecule is CNC(c1cc(F)ccc1Cl)c1cccc(C)c1Br. The minimum absolute atomic E-state index is 0.155. The van der Waals surface area contributed by atoms with Crippen LogP contribution in [0.15, 0.2) is 40.9 Å². The molecular weight excluding hydrogens is 329 g/mol. The Labute approximate surface area is 125 Å². The first-order chi connectivity index (χ1) is 9.04. The van der Waals surface area contributed by atoms with Crippen LogP contribution in [0.4, 0.5) is 4.39 Å². The molecule has 0 bridgehead atoms. The highest BCUT2D eigenvalue weighted by molar-refractivity contribution is 9.10. The van der Waals surface area contributed by atoms with E-state index in [1.807, 2.05) is 32.2 Å². The Kier molecular flexibility index (Phi) is 4.61. The number of rotatable bonds is 3. The third-order valence-electron chi connectivity index (χ3n) is 3.09. The van der Waals surface area contributed by atoms with E-state index >= 15 is 0 Å². The lowest BCUT2D eigenvalue weighted by atomic mass is 9.97. The van der Waals surface area contributed by atoms with Gasteiger partial charge in [0.2, 0.25) is 0 Å². The molecular formula is C15H14BrClFN. The van der Waals surface area contributed by atoms with Crippen molar-refractivity contribution in [1.29, 1.82) is 0 Å². The van der Waals surface area contributed by atoms with Crippen LogP contribution in [0.2, 0.25) is 5.02 Å². The Morgan fingerprint density at radius 2 is 1.95 bits per heavy atom. The van der Waals surface area contributed by atoms with Crippen molar-refractivity contribution < 1.29 is 4.39 Å². The molecule has 0 heterocycles. The van der Waals surface area contributed by atoms with Gasteiger partial charge in [-0.2, -0.15) is 0 Å². The van der Waals surface area contributed by atoms with Gasteiger partial charge >= 0.3 is 0 Å². The number of aryl methyl sites for hydroxylation is 1. The molecule has 100 valence electrons. The summed E-state index contributed by atoms with van der Waals surface area (Å²) in [6.07, 6.45) is 0. The first kappa shape index (κ1) is 14.5. The quantitative estimate of drug-likeness (QED) is 0.840. The van der Waals surface area contributed by atoms with E-state index in [2.05, 4.69) is 21.2 Å². The van der Waals surface area contributed by atoms with E-state index in [9.17, 15) is 4.39 Å². The monoisotopic (exact) mass is 341 g/mol. The van der Waals surface area contributed by atoms with Gasteiger partial charge in [0.1, 0.15) is 5.82 Å². The molecule has 2 rings (SSSR count). The predicted octanol–water partition coefficient (Wildman–Crippen LogP) is 4.86. The average Bonchev–Trinajstić information content (AvgIpc) is 2.39. The molecule has 1 atom stereocenters. The summed E-state index contributed by atoms with van der Waals surface area (Å²) in [7, 11) is 1.83. The second-order valence-corrected chi connectivity index (χ2v) is 5.57. The highest BCUT2D eigenvalue weighted by Gasteiger charge is 2.18. The molecule has 0 aromatic heterocycles. The molecule has 0 saturated carbocycles. The summed E-state index contributed by atoms with van der Waals surface area (Å²) in [4.78, 5) is 0. The molecule has 1 nitrogen and oxygen atoms in total. The summed E-state index contributed by atoms with van der Waals surface area (Å²) in [5.74, 6) is -0.288. The van der Waals surface area contributed by atoms with Crippen LogP contribution in [-0.2, 0) is 0 Å². The second kappa shape index (κ2) is 6.04. The molecule has 4 heteroatoms. The molecule has 0 aliphatic carbocycles. The van der Waals surface area contributed by atoms with E-state index in [-0.39, 0.29) is 11.9 Å². The van der Waals surface area contributed by atoms with Crippen molar-refractivity contribution in [3.8, 4) is 0 Å². The van der Waals surface area contributed by atoms with Crippen molar-refractivity contribution in [3.05, 3.63) is 68.4 Å². The number of hydrogen-bond donors (Lipinski definition) is 1. The maximum atomic E-state index is 13.4. The van der Waals surface area contributed by atoms with Crippen molar-refractivity contribution >= 4 is 27.5 Å². The summed E-state index contributed by atoms with van der Waals surface area (Å²) in [5.41, 5.74) is 2.90. The number of halogens is 3. The van der Waals surface area contributed by atoms with E-state index in [0.717, 1.165) is 21.2 Å². The van der Waals surface area contributed by atoms with Crippen molar-refractivity contribution in [3.63, 3.8) is 0 Å². The third kappa shape index (κ3) is 2.99. The smallest absolute Gasteiger partial charge is 0.123 e. The van der Waals surface area contributed by atoms with Gasteiger partial charge in [-0.3, -0.25) is 0 Å². The van der Waals surface area contributed by atoms with E-state index in [0.29, 0.717) is 5.02 Å². The summed E-state index contributed by atoms with van der Waals surface area (Å²) in [5, 5.41) is 3.74. The summed E-state index contributed by atoms with van der Waals surface area (Å²) >= 11 is 9.77. The lowest BCUT2D eigenvalue weighted by molar-refractivity contribution is 0.616. The fourth-order valence-corrected chi connectivity index (χ4v) is 2.83. The van der Waals surface area contributed by atoms with Crippen LogP contribution >= 0.6 is 27.5 Å². The van der Waals surface area contributed by atoms with Crippen molar-refractivity contribution in [1.82, 2.24) is 5.32 Å². The Morgan fingerprint density at radius 1 is 1.21 bits per heavy atom. The highest BCUT2D eigenvalue weighted by Crippen LogP contribution is 2.34. The van der Waals surface area contributed by atoms with Crippen molar-refractivity contribution in [2.24, 2.45) is 0 Å². The number of hydrogen-bond acceptors (Lipinski definition) is 1. The van der Waals surface area contributed by atoms with Crippen LogP contribution in [0.5, 0.6) is 0 Å². The molecule has 2 aromatic carbocycles. The minimum Gasteiger partial charge on any atom is -0.309 e. The Bertz CT molecular complexity index is 599. The topological polar surface area (TPSA) is 12.0 Å². The zero-order valence-corrected chi connectivity index (χ0v) is 13.0. The fraction of sp³-hybridized carbons (Fsp3) is 0.200. The van der Waals surface area contributed by atoms with Gasteiger partial charge in [-0.1, -0.05) is 45.7 Å². The zero-order chi connectivity index (χ0) is 14.0. The lowest BCUT2D eigenvalue weighted by Crippen LogP contribution is -2.19. The van der Waals surface area contributed by atoms with Crippen molar-refractivity contribution in [2.75, 3.05) is 7.05 Å². The highest BCUT2D eigenvalue weighted by atomic mass is 79.9. The lowest BCUT2D eigenvalue weighted by Gasteiger charge is -2.21. The Hall–Kier alpha value is -0.900. The molecule has 0 fully saturated rings. The largest absolute Gasteiger partial charge is 0.309 e. The summed E-state index contributed by atoms with van der Waals surface area (Å²) < 4.78 is 14.5. The van der Waals surface area contributed by atoms with Crippen molar-refractivity contribution in [2.45, 2.75) is 13.0 Å². The van der Waals surface area contributed by atoms with E-state index < -0.39 is 0 Å². The summed E-state index contributed by atoms with van der Waals surface area (Å²) in [6, 6.07) is 10.3. The van der Waals surface area contributed by atoms with E-state index in [1.54, 1.807) is 6.07 Å². The van der Waals surface area contributed by atoms with E-state index in [4.69, 9.17) is 11.6 Å². The Morgan fingerprint density at radius 3 is 2.63 bits per heavy atom. The molecule has 0 amide bonds. The number of nitrogens with one attached hydrogen (secondary N) is 1. The first-order valence-corrected chi connectivity index (χ1v) is 7.09. The van der Waals surface area contributed by atoms with Gasteiger partial charge < -0.3 is 5.32 Å². The predicted molar refractivity (Wildman–Crippen MR) is 81.2 cm³/mol. The molecule has 1 unspecified atom stereocenters. The van der Waals surface area contributed by atoms with Crippen LogP contribution in [-0.4, -0.2) is 7.05 Å². The van der Waals surface area contributed by atoms with Gasteiger partial charge in [0, 0.05) is 9.50 Å². The molecule has 0 radical (unpaired) electrons. The molecule has 19 heavy (non-hydrogen) atoms. The molecule has 0 spiro atoms. The van der Waals surface area contributed by atoms with Crippen LogP contribution in [0.3, 0.4) is 0 Å². The molecule has 1 N–H and O–H groups in total. The second-order valence-electron chi connectivity index (χ2n) is 4.37. The van der Waals surface area contributed by atoms with E-state index in [1.165, 1.54) is 12.1 Å². The zero-order valence-electron chi connectivity index (χ0n) is 10.7. The maximum absolute atomic E-state index is 13.4. The van der Waals surface area contributed by atoms with Gasteiger partial charge in [0.05, 0.1) is 6.04 Å². The van der Waals surface area contributed by atoms with Crippen LogP contribution in [0, 0.1) is 12.7 Å². The average molecular weight is 343 g/mol. The fourth-order valence-electron chi connectivity index (χ4n) is 2.11. The molecule has 0 aliphatic heterocycles. The first-order valence-electron chi connectivity index (χ1n) is 5.92. The van der Waals surface area contributed by atoms with Crippen LogP contribution in [0.25, 0.3) is 0 Å². The van der Waals surface area contributed by atoms with Gasteiger partial charge in [-0.15, -0.1) is 0 Å². The molecule has 0 saturated heterocycles. The van der Waals surface area contributed by atoms with Gasteiger partial charge in [-0.25, -0.2) is 4.39 Å². The normalized spacial score (nSPS) is 12.5. The van der Waals surface area contributed by atoms with Gasteiger partial charge in [0.25, 0.3) is 0 Å². The van der Waals surface area contributed by atoms with Crippen LogP contribution < -0.4 is 5.32 Å².